The van der Waals surface area contributed by atoms with E-state index in [9.17, 15) is 4.79 Å². The first-order valence-electron chi connectivity index (χ1n) is 7.82. The molecule has 0 radical (unpaired) electrons. The smallest absolute Gasteiger partial charge is 0.316 e. The number of carbonyl (C=O) groups excluding carboxylic acids is 1. The molecule has 114 valence electrons. The quantitative estimate of drug-likeness (QED) is 0.438. The van der Waals surface area contributed by atoms with Gasteiger partial charge >= 0.3 is 5.97 Å². The third-order valence-corrected chi connectivity index (χ3v) is 5.49. The van der Waals surface area contributed by atoms with E-state index in [1.54, 1.807) is 0 Å². The maximum atomic E-state index is 12.5. The predicted molar refractivity (Wildman–Crippen MR) is 89.3 cm³/mol. The van der Waals surface area contributed by atoms with Crippen LogP contribution < -0.4 is 0 Å². The Labute approximate surface area is 129 Å². The second kappa shape index (κ2) is 5.85. The summed E-state index contributed by atoms with van der Waals surface area (Å²) in [6.07, 6.45) is 9.72. The monoisotopic (exact) mass is 302 g/mol. The van der Waals surface area contributed by atoms with Gasteiger partial charge in [-0.25, -0.2) is 0 Å². The van der Waals surface area contributed by atoms with Gasteiger partial charge in [-0.2, -0.15) is 0 Å². The van der Waals surface area contributed by atoms with Gasteiger partial charge in [0.15, 0.2) is 0 Å². The van der Waals surface area contributed by atoms with Crippen LogP contribution in [0.25, 0.3) is 0 Å². The van der Waals surface area contributed by atoms with Crippen molar-refractivity contribution in [1.82, 2.24) is 0 Å². The zero-order chi connectivity index (χ0) is 15.7. The summed E-state index contributed by atoms with van der Waals surface area (Å²) in [5.74, 6) is 3.77. The number of methoxy groups -OCH3 is 1. The molecule has 21 heavy (non-hydrogen) atoms. The second-order valence-electron chi connectivity index (χ2n) is 7.30. The normalized spacial score (nSPS) is 29.0. The molecule has 0 aromatic carbocycles. The predicted octanol–water partition coefficient (Wildman–Crippen LogP) is 3.96. The van der Waals surface area contributed by atoms with Crippen molar-refractivity contribution in [3.05, 3.63) is 23.8 Å². The van der Waals surface area contributed by atoms with Crippen LogP contribution in [0, 0.1) is 28.7 Å². The number of hydrogen-bond donors (Lipinski definition) is 0. The van der Waals surface area contributed by atoms with Crippen molar-refractivity contribution in [2.45, 2.75) is 45.8 Å². The van der Waals surface area contributed by atoms with E-state index < -0.39 is 13.5 Å². The van der Waals surface area contributed by atoms with Gasteiger partial charge < -0.3 is 4.74 Å². The number of carbonyl (C=O) groups is 1. The number of hydrogen-bond acceptors (Lipinski definition) is 2. The fraction of sp³-hybridized carbons (Fsp3) is 0.611. The summed E-state index contributed by atoms with van der Waals surface area (Å²) >= 11 is 0. The van der Waals surface area contributed by atoms with Crippen LogP contribution in [0.2, 0.25) is 19.6 Å². The van der Waals surface area contributed by atoms with Crippen LogP contribution in [-0.4, -0.2) is 21.2 Å². The van der Waals surface area contributed by atoms with Gasteiger partial charge in [0.25, 0.3) is 0 Å². The molecule has 0 bridgehead atoms. The fourth-order valence-electron chi connectivity index (χ4n) is 3.15. The Balaban J connectivity index is 2.42. The van der Waals surface area contributed by atoms with Crippen LogP contribution in [0.4, 0.5) is 0 Å². The third kappa shape index (κ3) is 3.16. The van der Waals surface area contributed by atoms with Crippen LogP contribution in [0.5, 0.6) is 0 Å². The zero-order valence-electron chi connectivity index (χ0n) is 13.8. The lowest BCUT2D eigenvalue weighted by Gasteiger charge is -2.45. The van der Waals surface area contributed by atoms with Gasteiger partial charge in [0.2, 0.25) is 0 Å². The molecule has 2 unspecified atom stereocenters. The van der Waals surface area contributed by atoms with E-state index in [0.29, 0.717) is 5.92 Å². The van der Waals surface area contributed by atoms with Gasteiger partial charge in [0.05, 0.1) is 12.5 Å². The summed E-state index contributed by atoms with van der Waals surface area (Å²) in [6.45, 7) is 8.81. The number of esters is 1. The SMILES string of the molecule is COC(=O)C1(C2CCC2)C=C(C#C[Si](C)(C)C)C=CC1C. The van der Waals surface area contributed by atoms with E-state index in [2.05, 4.69) is 56.3 Å². The lowest BCUT2D eigenvalue weighted by Crippen LogP contribution is -2.46. The Hall–Kier alpha value is -1.27. The summed E-state index contributed by atoms with van der Waals surface area (Å²) in [6, 6.07) is 0. The van der Waals surface area contributed by atoms with Crippen molar-refractivity contribution in [2.24, 2.45) is 17.3 Å². The molecule has 2 aliphatic carbocycles. The molecule has 0 heterocycles. The molecule has 1 fully saturated rings. The van der Waals surface area contributed by atoms with E-state index in [1.807, 2.05) is 0 Å². The van der Waals surface area contributed by atoms with Gasteiger partial charge in [-0.1, -0.05) is 57.1 Å². The molecule has 0 saturated heterocycles. The summed E-state index contributed by atoms with van der Waals surface area (Å²) in [5.41, 5.74) is 3.86. The van der Waals surface area contributed by atoms with Gasteiger partial charge in [0.1, 0.15) is 8.07 Å². The minimum atomic E-state index is -1.41. The van der Waals surface area contributed by atoms with Crippen LogP contribution in [0.3, 0.4) is 0 Å². The molecule has 0 aromatic rings. The molecule has 2 rings (SSSR count). The second-order valence-corrected chi connectivity index (χ2v) is 12.0. The molecule has 0 spiro atoms. The average molecular weight is 302 g/mol. The van der Waals surface area contributed by atoms with Crippen LogP contribution in [0.15, 0.2) is 23.8 Å². The highest BCUT2D eigenvalue weighted by atomic mass is 28.3. The highest BCUT2D eigenvalue weighted by molar-refractivity contribution is 6.83. The Morgan fingerprint density at radius 3 is 2.52 bits per heavy atom. The van der Waals surface area contributed by atoms with Crippen molar-refractivity contribution >= 4 is 14.0 Å². The first kappa shape index (κ1) is 16.1. The molecule has 2 nitrogen and oxygen atoms in total. The molecular weight excluding hydrogens is 276 g/mol. The third-order valence-electron chi connectivity index (χ3n) is 4.61. The van der Waals surface area contributed by atoms with E-state index >= 15 is 0 Å². The summed E-state index contributed by atoms with van der Waals surface area (Å²) in [5, 5.41) is 0. The molecule has 2 atom stereocenters. The number of ether oxygens (including phenoxy) is 1. The fourth-order valence-corrected chi connectivity index (χ4v) is 3.66. The van der Waals surface area contributed by atoms with Crippen molar-refractivity contribution in [2.75, 3.05) is 7.11 Å². The van der Waals surface area contributed by atoms with E-state index in [4.69, 9.17) is 4.74 Å². The molecule has 0 N–H and O–H groups in total. The Kier molecular flexibility index (Phi) is 4.48. The highest BCUT2D eigenvalue weighted by Crippen LogP contribution is 2.51. The molecule has 2 aliphatic rings. The summed E-state index contributed by atoms with van der Waals surface area (Å²) < 4.78 is 5.16. The van der Waals surface area contributed by atoms with Gasteiger partial charge in [-0.3, -0.25) is 4.79 Å². The average Bonchev–Trinajstić information content (AvgIpc) is 2.35. The van der Waals surface area contributed by atoms with E-state index in [1.165, 1.54) is 13.5 Å². The van der Waals surface area contributed by atoms with Crippen molar-refractivity contribution in [3.8, 4) is 11.5 Å². The molecular formula is C18H26O2Si. The number of rotatable bonds is 2. The van der Waals surface area contributed by atoms with Crippen molar-refractivity contribution in [1.29, 1.82) is 0 Å². The zero-order valence-corrected chi connectivity index (χ0v) is 14.8. The minimum Gasteiger partial charge on any atom is -0.468 e. The van der Waals surface area contributed by atoms with Crippen LogP contribution >= 0.6 is 0 Å². The largest absolute Gasteiger partial charge is 0.468 e. The van der Waals surface area contributed by atoms with Crippen molar-refractivity contribution < 1.29 is 9.53 Å². The number of allylic oxidation sites excluding steroid dienone is 3. The lowest BCUT2D eigenvalue weighted by molar-refractivity contribution is -0.157. The lowest BCUT2D eigenvalue weighted by atomic mass is 9.58. The molecule has 3 heteroatoms. The highest BCUT2D eigenvalue weighted by Gasteiger charge is 2.51. The molecule has 0 aliphatic heterocycles. The van der Waals surface area contributed by atoms with Crippen LogP contribution in [0.1, 0.15) is 26.2 Å². The topological polar surface area (TPSA) is 26.3 Å². The standard InChI is InChI=1S/C18H26O2Si/c1-14-9-10-15(11-12-21(3,4)5)13-18(14,17(19)20-2)16-7-6-8-16/h9-10,13-14,16H,6-8H2,1-5H3. The first-order chi connectivity index (χ1) is 9.79. The van der Waals surface area contributed by atoms with Crippen LogP contribution in [-0.2, 0) is 9.53 Å². The Morgan fingerprint density at radius 1 is 1.38 bits per heavy atom. The van der Waals surface area contributed by atoms with E-state index in [-0.39, 0.29) is 11.9 Å². The maximum absolute atomic E-state index is 12.5. The molecule has 0 aromatic heterocycles. The van der Waals surface area contributed by atoms with Crippen molar-refractivity contribution in [3.63, 3.8) is 0 Å². The Morgan fingerprint density at radius 2 is 2.05 bits per heavy atom. The summed E-state index contributed by atoms with van der Waals surface area (Å²) in [4.78, 5) is 12.5. The van der Waals surface area contributed by atoms with Gasteiger partial charge in [-0.15, -0.1) is 5.54 Å². The van der Waals surface area contributed by atoms with E-state index in [0.717, 1.165) is 18.4 Å². The first-order valence-corrected chi connectivity index (χ1v) is 11.3. The van der Waals surface area contributed by atoms with Gasteiger partial charge in [-0.05, 0) is 24.7 Å². The molecule has 0 amide bonds. The maximum Gasteiger partial charge on any atom is 0.316 e. The minimum absolute atomic E-state index is 0.101. The Bertz CT molecular complexity index is 538. The molecule has 1 saturated carbocycles. The van der Waals surface area contributed by atoms with Gasteiger partial charge in [0, 0.05) is 5.57 Å². The summed E-state index contributed by atoms with van der Waals surface area (Å²) in [7, 11) is 0.0815.